The van der Waals surface area contributed by atoms with Crippen molar-refractivity contribution in [3.8, 4) is 10.6 Å². The number of rotatable bonds is 4. The van der Waals surface area contributed by atoms with Crippen molar-refractivity contribution in [3.63, 3.8) is 0 Å². The van der Waals surface area contributed by atoms with Crippen LogP contribution >= 0.6 is 11.3 Å². The predicted molar refractivity (Wildman–Crippen MR) is 88.3 cm³/mol. The van der Waals surface area contributed by atoms with E-state index in [1.807, 2.05) is 36.0 Å². The number of nitrogen functional groups attached to an aromatic ring is 1. The average Bonchev–Trinajstić information content (AvgIpc) is 3.00. The highest BCUT2D eigenvalue weighted by atomic mass is 32.1. The molecular weight excluding hydrogens is 278 g/mol. The molecule has 3 nitrogen and oxygen atoms in total. The summed E-state index contributed by atoms with van der Waals surface area (Å²) in [5.41, 5.74) is 11.6. The summed E-state index contributed by atoms with van der Waals surface area (Å²) in [5, 5.41) is 2.97. The Morgan fingerprint density at radius 3 is 2.71 bits per heavy atom. The van der Waals surface area contributed by atoms with E-state index in [0.717, 1.165) is 34.8 Å². The van der Waals surface area contributed by atoms with Crippen LogP contribution in [0.2, 0.25) is 0 Å². The standard InChI is InChI=1S/C17H17N3S/c1-12-4-3-9-19-15(12)8-7-13-5-2-6-14(18)16(13)17-20-10-11-21-17/h2-6,9-11H,7-8,18H2,1H3. The molecule has 0 aliphatic heterocycles. The fourth-order valence-corrected chi connectivity index (χ4v) is 3.21. The van der Waals surface area contributed by atoms with Crippen LogP contribution in [0.3, 0.4) is 0 Å². The quantitative estimate of drug-likeness (QED) is 0.743. The zero-order valence-corrected chi connectivity index (χ0v) is 12.7. The molecule has 0 unspecified atom stereocenters. The maximum Gasteiger partial charge on any atom is 0.125 e. The van der Waals surface area contributed by atoms with Gasteiger partial charge in [0.15, 0.2) is 0 Å². The van der Waals surface area contributed by atoms with E-state index in [-0.39, 0.29) is 0 Å². The molecule has 3 aromatic rings. The molecule has 0 fully saturated rings. The molecule has 0 amide bonds. The highest BCUT2D eigenvalue weighted by Crippen LogP contribution is 2.32. The molecule has 0 bridgehead atoms. The van der Waals surface area contributed by atoms with Crippen LogP contribution in [0.15, 0.2) is 48.1 Å². The molecule has 0 aliphatic rings. The van der Waals surface area contributed by atoms with E-state index in [9.17, 15) is 0 Å². The first-order valence-electron chi connectivity index (χ1n) is 6.93. The Hall–Kier alpha value is -2.20. The van der Waals surface area contributed by atoms with Gasteiger partial charge in [0.25, 0.3) is 0 Å². The summed E-state index contributed by atoms with van der Waals surface area (Å²) in [6, 6.07) is 10.1. The number of nitrogens with two attached hydrogens (primary N) is 1. The van der Waals surface area contributed by atoms with E-state index in [0.29, 0.717) is 0 Å². The van der Waals surface area contributed by atoms with Gasteiger partial charge in [0.1, 0.15) is 5.01 Å². The Morgan fingerprint density at radius 1 is 1.05 bits per heavy atom. The zero-order valence-electron chi connectivity index (χ0n) is 11.9. The first kappa shape index (κ1) is 13.8. The normalized spacial score (nSPS) is 10.7. The maximum atomic E-state index is 6.16. The smallest absolute Gasteiger partial charge is 0.125 e. The fraction of sp³-hybridized carbons (Fsp3) is 0.176. The van der Waals surface area contributed by atoms with Crippen LogP contribution in [0.5, 0.6) is 0 Å². The lowest BCUT2D eigenvalue weighted by Crippen LogP contribution is -2.00. The van der Waals surface area contributed by atoms with Crippen molar-refractivity contribution >= 4 is 17.0 Å². The molecule has 0 atom stereocenters. The van der Waals surface area contributed by atoms with Gasteiger partial charge < -0.3 is 5.73 Å². The maximum absolute atomic E-state index is 6.16. The third kappa shape index (κ3) is 2.95. The summed E-state index contributed by atoms with van der Waals surface area (Å²) in [6.45, 7) is 2.10. The molecule has 0 saturated carbocycles. The van der Waals surface area contributed by atoms with Crippen LogP contribution in [-0.2, 0) is 12.8 Å². The predicted octanol–water partition coefficient (Wildman–Crippen LogP) is 3.88. The van der Waals surface area contributed by atoms with Crippen LogP contribution in [0, 0.1) is 6.92 Å². The number of hydrogen-bond donors (Lipinski definition) is 1. The van der Waals surface area contributed by atoms with Crippen molar-refractivity contribution in [1.29, 1.82) is 0 Å². The number of aromatic nitrogens is 2. The van der Waals surface area contributed by atoms with E-state index >= 15 is 0 Å². The number of pyridine rings is 1. The second-order valence-corrected chi connectivity index (χ2v) is 5.88. The zero-order chi connectivity index (χ0) is 14.7. The van der Waals surface area contributed by atoms with Crippen molar-refractivity contribution in [3.05, 3.63) is 64.9 Å². The summed E-state index contributed by atoms with van der Waals surface area (Å²) in [4.78, 5) is 8.87. The molecule has 0 aliphatic carbocycles. The van der Waals surface area contributed by atoms with Gasteiger partial charge >= 0.3 is 0 Å². The minimum absolute atomic E-state index is 0.792. The van der Waals surface area contributed by atoms with Gasteiger partial charge in [-0.1, -0.05) is 18.2 Å². The van der Waals surface area contributed by atoms with Crippen molar-refractivity contribution in [2.24, 2.45) is 0 Å². The third-order valence-electron chi connectivity index (χ3n) is 3.58. The number of nitrogens with zero attached hydrogens (tertiary/aromatic N) is 2. The SMILES string of the molecule is Cc1cccnc1CCc1cccc(N)c1-c1nccs1. The highest BCUT2D eigenvalue weighted by Gasteiger charge is 2.11. The molecule has 106 valence electrons. The summed E-state index contributed by atoms with van der Waals surface area (Å²) < 4.78 is 0. The Morgan fingerprint density at radius 2 is 1.95 bits per heavy atom. The van der Waals surface area contributed by atoms with Crippen LogP contribution in [-0.4, -0.2) is 9.97 Å². The second-order valence-electron chi connectivity index (χ2n) is 4.99. The molecule has 4 heteroatoms. The first-order valence-corrected chi connectivity index (χ1v) is 7.81. The van der Waals surface area contributed by atoms with E-state index in [1.54, 1.807) is 11.3 Å². The summed E-state index contributed by atoms with van der Waals surface area (Å²) in [7, 11) is 0. The number of anilines is 1. The number of thiazole rings is 1. The number of hydrogen-bond acceptors (Lipinski definition) is 4. The van der Waals surface area contributed by atoms with E-state index in [4.69, 9.17) is 5.73 Å². The average molecular weight is 295 g/mol. The first-order chi connectivity index (χ1) is 10.3. The number of aryl methyl sites for hydroxylation is 3. The van der Waals surface area contributed by atoms with Crippen molar-refractivity contribution in [2.45, 2.75) is 19.8 Å². The Balaban J connectivity index is 1.90. The minimum Gasteiger partial charge on any atom is -0.398 e. The van der Waals surface area contributed by atoms with Gasteiger partial charge in [-0.2, -0.15) is 0 Å². The lowest BCUT2D eigenvalue weighted by Gasteiger charge is -2.11. The molecule has 2 heterocycles. The van der Waals surface area contributed by atoms with E-state index < -0.39 is 0 Å². The molecule has 21 heavy (non-hydrogen) atoms. The van der Waals surface area contributed by atoms with Crippen LogP contribution in [0.1, 0.15) is 16.8 Å². The lowest BCUT2D eigenvalue weighted by molar-refractivity contribution is 0.902. The van der Waals surface area contributed by atoms with Gasteiger partial charge in [-0.05, 0) is 43.0 Å². The molecule has 0 spiro atoms. The van der Waals surface area contributed by atoms with Gasteiger partial charge in [0.05, 0.1) is 0 Å². The minimum atomic E-state index is 0.792. The third-order valence-corrected chi connectivity index (χ3v) is 4.37. The van der Waals surface area contributed by atoms with Crippen molar-refractivity contribution < 1.29 is 0 Å². The number of benzene rings is 1. The topological polar surface area (TPSA) is 51.8 Å². The second kappa shape index (κ2) is 6.06. The molecule has 1 aromatic carbocycles. The Labute approximate surface area is 128 Å². The largest absolute Gasteiger partial charge is 0.398 e. The van der Waals surface area contributed by atoms with Crippen LogP contribution < -0.4 is 5.73 Å². The summed E-state index contributed by atoms with van der Waals surface area (Å²) in [5.74, 6) is 0. The summed E-state index contributed by atoms with van der Waals surface area (Å²) >= 11 is 1.62. The molecule has 0 saturated heterocycles. The Kier molecular flexibility index (Phi) is 3.97. The van der Waals surface area contributed by atoms with Crippen LogP contribution in [0.4, 0.5) is 5.69 Å². The summed E-state index contributed by atoms with van der Waals surface area (Å²) in [6.07, 6.45) is 5.49. The lowest BCUT2D eigenvalue weighted by atomic mass is 9.99. The molecule has 2 aromatic heterocycles. The van der Waals surface area contributed by atoms with Crippen molar-refractivity contribution in [2.75, 3.05) is 5.73 Å². The highest BCUT2D eigenvalue weighted by molar-refractivity contribution is 7.13. The van der Waals surface area contributed by atoms with E-state index in [1.165, 1.54) is 11.1 Å². The molecule has 2 N–H and O–H groups in total. The molecule has 0 radical (unpaired) electrons. The van der Waals surface area contributed by atoms with E-state index in [2.05, 4.69) is 29.0 Å². The molecular formula is C17H17N3S. The van der Waals surface area contributed by atoms with Gasteiger partial charge in [-0.3, -0.25) is 4.98 Å². The Bertz CT molecular complexity index is 736. The van der Waals surface area contributed by atoms with Gasteiger partial charge in [-0.15, -0.1) is 11.3 Å². The monoisotopic (exact) mass is 295 g/mol. The van der Waals surface area contributed by atoms with Gasteiger partial charge in [-0.25, -0.2) is 4.98 Å². The fourth-order valence-electron chi connectivity index (χ4n) is 2.47. The van der Waals surface area contributed by atoms with Gasteiger partial charge in [0, 0.05) is 34.7 Å². The van der Waals surface area contributed by atoms with Crippen molar-refractivity contribution in [1.82, 2.24) is 9.97 Å². The van der Waals surface area contributed by atoms with Gasteiger partial charge in [0.2, 0.25) is 0 Å². The van der Waals surface area contributed by atoms with Crippen LogP contribution in [0.25, 0.3) is 10.6 Å². The molecule has 3 rings (SSSR count).